The quantitative estimate of drug-likeness (QED) is 0.311. The second kappa shape index (κ2) is 12.6. The topological polar surface area (TPSA) is 57.6 Å². The first-order valence-corrected chi connectivity index (χ1v) is 11.6. The maximum Gasteiger partial charge on any atom is 0.233 e. The van der Waals surface area contributed by atoms with E-state index in [0.29, 0.717) is 17.7 Å². The number of carbonyl (C=O) groups excluding carboxylic acids is 2. The number of amides is 1. The molecular formula is C28H31F2NO3. The molecule has 0 radical (unpaired) electrons. The van der Waals surface area contributed by atoms with E-state index in [2.05, 4.69) is 0 Å². The van der Waals surface area contributed by atoms with E-state index in [1.54, 1.807) is 41.3 Å². The van der Waals surface area contributed by atoms with Crippen LogP contribution in [-0.2, 0) is 4.79 Å². The van der Waals surface area contributed by atoms with Crippen LogP contribution < -0.4 is 4.90 Å². The normalized spacial score (nSPS) is 16.4. The van der Waals surface area contributed by atoms with Crippen molar-refractivity contribution in [1.29, 1.82) is 0 Å². The van der Waals surface area contributed by atoms with Crippen molar-refractivity contribution in [2.75, 3.05) is 4.90 Å². The molecule has 2 atom stereocenters. The fraction of sp³-hybridized carbons (Fsp3) is 0.286. The molecule has 3 aromatic rings. The molecule has 1 unspecified atom stereocenters. The first-order valence-electron chi connectivity index (χ1n) is 11.6. The molecule has 1 saturated heterocycles. The van der Waals surface area contributed by atoms with Gasteiger partial charge in [0.2, 0.25) is 5.91 Å². The van der Waals surface area contributed by atoms with E-state index in [9.17, 15) is 23.5 Å². The van der Waals surface area contributed by atoms with Crippen LogP contribution >= 0.6 is 0 Å². The van der Waals surface area contributed by atoms with Gasteiger partial charge in [-0.2, -0.15) is 0 Å². The minimum absolute atomic E-state index is 0.112. The van der Waals surface area contributed by atoms with E-state index in [-0.39, 0.29) is 29.9 Å². The number of halogens is 2. The Labute approximate surface area is 199 Å². The molecule has 0 aromatic heterocycles. The molecule has 1 fully saturated rings. The number of carbonyl (C=O) groups is 2. The standard InChI is InChI=1S/C24H19F2NO3.2C2H6/c25-17-5-1-15(2-6-17)22(29)14-13-21-23(16-3-11-20(28)12-4-16)27(24(21)30)19-9-7-18(26)8-10-19;2*1-2/h1-12,21,23,28H,13-14H2;2*1-2H3/t21-,23?;;/m1../s1. The summed E-state index contributed by atoms with van der Waals surface area (Å²) in [6, 6.07) is 17.2. The highest BCUT2D eigenvalue weighted by Gasteiger charge is 2.48. The van der Waals surface area contributed by atoms with Crippen molar-refractivity contribution in [3.05, 3.63) is 95.6 Å². The molecule has 1 aliphatic rings. The summed E-state index contributed by atoms with van der Waals surface area (Å²) >= 11 is 0. The third kappa shape index (κ3) is 6.07. The van der Waals surface area contributed by atoms with Gasteiger partial charge in [-0.3, -0.25) is 9.59 Å². The highest BCUT2D eigenvalue weighted by atomic mass is 19.1. The number of nitrogens with zero attached hydrogens (tertiary/aromatic N) is 1. The highest BCUT2D eigenvalue weighted by Crippen LogP contribution is 2.45. The van der Waals surface area contributed by atoms with Crippen LogP contribution in [0.1, 0.15) is 62.5 Å². The molecule has 0 saturated carbocycles. The molecule has 0 bridgehead atoms. The van der Waals surface area contributed by atoms with Crippen molar-refractivity contribution < 1.29 is 23.5 Å². The van der Waals surface area contributed by atoms with Gasteiger partial charge in [0.1, 0.15) is 17.4 Å². The lowest BCUT2D eigenvalue weighted by Gasteiger charge is -2.47. The van der Waals surface area contributed by atoms with Crippen molar-refractivity contribution in [2.45, 2.75) is 46.6 Å². The molecule has 1 aliphatic heterocycles. The smallest absolute Gasteiger partial charge is 0.233 e. The Bertz CT molecular complexity index is 1060. The molecule has 1 N–H and O–H groups in total. The molecule has 0 spiro atoms. The average molecular weight is 468 g/mol. The number of hydrogen-bond donors (Lipinski definition) is 1. The molecule has 3 aromatic carbocycles. The Balaban J connectivity index is 0.000000970. The summed E-state index contributed by atoms with van der Waals surface area (Å²) in [5.41, 5.74) is 1.79. The van der Waals surface area contributed by atoms with Crippen LogP contribution in [0.3, 0.4) is 0 Å². The number of phenols is 1. The van der Waals surface area contributed by atoms with Gasteiger partial charge in [-0.05, 0) is 72.6 Å². The van der Waals surface area contributed by atoms with Crippen molar-refractivity contribution in [3.8, 4) is 5.75 Å². The number of Topliss-reactive ketones (excluding diaryl/α,β-unsaturated/α-hetero) is 1. The van der Waals surface area contributed by atoms with Crippen LogP contribution in [0.15, 0.2) is 72.8 Å². The summed E-state index contributed by atoms with van der Waals surface area (Å²) in [6.45, 7) is 8.00. The number of β-lactam (4-membered cyclic amide) rings is 1. The predicted octanol–water partition coefficient (Wildman–Crippen LogP) is 7.09. The fourth-order valence-corrected chi connectivity index (χ4v) is 3.84. The first-order chi connectivity index (χ1) is 16.4. The van der Waals surface area contributed by atoms with Gasteiger partial charge in [0.15, 0.2) is 5.78 Å². The van der Waals surface area contributed by atoms with Crippen LogP contribution in [0.5, 0.6) is 5.75 Å². The summed E-state index contributed by atoms with van der Waals surface area (Å²) in [5.74, 6) is -1.43. The van der Waals surface area contributed by atoms with Gasteiger partial charge < -0.3 is 10.0 Å². The SMILES string of the molecule is CC.CC.O=C(CC[C@H]1C(=O)N(c2ccc(F)cc2)C1c1ccc(O)cc1)c1ccc(F)cc1. The zero-order valence-electron chi connectivity index (χ0n) is 20.0. The number of rotatable bonds is 6. The molecule has 4 nitrogen and oxygen atoms in total. The Morgan fingerprint density at radius 1 is 0.824 bits per heavy atom. The van der Waals surface area contributed by atoms with Crippen molar-refractivity contribution in [2.24, 2.45) is 5.92 Å². The Kier molecular flexibility index (Phi) is 9.92. The zero-order valence-corrected chi connectivity index (χ0v) is 20.0. The number of ketones is 1. The second-order valence-electron chi connectivity index (χ2n) is 7.30. The third-order valence-corrected chi connectivity index (χ3v) is 5.40. The van der Waals surface area contributed by atoms with E-state index in [1.807, 2.05) is 27.7 Å². The Hall–Kier alpha value is -3.54. The lowest BCUT2D eigenvalue weighted by atomic mass is 9.78. The maximum atomic E-state index is 13.3. The largest absolute Gasteiger partial charge is 0.508 e. The molecule has 0 aliphatic carbocycles. The summed E-state index contributed by atoms with van der Waals surface area (Å²) in [7, 11) is 0. The average Bonchev–Trinajstić information content (AvgIpc) is 2.87. The van der Waals surface area contributed by atoms with Crippen LogP contribution in [0.25, 0.3) is 0 Å². The number of aromatic hydroxyl groups is 1. The Morgan fingerprint density at radius 3 is 1.85 bits per heavy atom. The summed E-state index contributed by atoms with van der Waals surface area (Å²) < 4.78 is 26.4. The van der Waals surface area contributed by atoms with E-state index >= 15 is 0 Å². The minimum Gasteiger partial charge on any atom is -0.508 e. The van der Waals surface area contributed by atoms with E-state index in [0.717, 1.165) is 5.56 Å². The maximum absolute atomic E-state index is 13.3. The Morgan fingerprint density at radius 2 is 1.32 bits per heavy atom. The molecule has 4 rings (SSSR count). The predicted molar refractivity (Wildman–Crippen MR) is 131 cm³/mol. The number of benzene rings is 3. The summed E-state index contributed by atoms with van der Waals surface area (Å²) in [5, 5.41) is 9.59. The monoisotopic (exact) mass is 467 g/mol. The second-order valence-corrected chi connectivity index (χ2v) is 7.30. The molecule has 1 amide bonds. The van der Waals surface area contributed by atoms with E-state index in [4.69, 9.17) is 0 Å². The van der Waals surface area contributed by atoms with Gasteiger partial charge >= 0.3 is 0 Å². The first kappa shape index (κ1) is 26.7. The van der Waals surface area contributed by atoms with Crippen molar-refractivity contribution in [1.82, 2.24) is 0 Å². The molecular weight excluding hydrogens is 436 g/mol. The number of phenolic OH excluding ortho intramolecular Hbond substituents is 1. The minimum atomic E-state index is -0.427. The van der Waals surface area contributed by atoms with Gasteiger partial charge in [0, 0.05) is 17.7 Å². The van der Waals surface area contributed by atoms with Gasteiger partial charge in [0.25, 0.3) is 0 Å². The van der Waals surface area contributed by atoms with Crippen molar-refractivity contribution >= 4 is 17.4 Å². The van der Waals surface area contributed by atoms with Crippen LogP contribution in [-0.4, -0.2) is 16.8 Å². The van der Waals surface area contributed by atoms with Gasteiger partial charge in [-0.25, -0.2) is 8.78 Å². The van der Waals surface area contributed by atoms with Crippen LogP contribution in [0, 0.1) is 17.6 Å². The van der Waals surface area contributed by atoms with Gasteiger partial charge in [-0.15, -0.1) is 0 Å². The lowest BCUT2D eigenvalue weighted by Crippen LogP contribution is -2.55. The molecule has 1 heterocycles. The fourth-order valence-electron chi connectivity index (χ4n) is 3.84. The highest BCUT2D eigenvalue weighted by molar-refractivity contribution is 6.04. The third-order valence-electron chi connectivity index (χ3n) is 5.40. The summed E-state index contributed by atoms with van der Waals surface area (Å²) in [4.78, 5) is 27.0. The summed E-state index contributed by atoms with van der Waals surface area (Å²) in [6.07, 6.45) is 0.478. The van der Waals surface area contributed by atoms with Gasteiger partial charge in [-0.1, -0.05) is 39.8 Å². The number of anilines is 1. The van der Waals surface area contributed by atoms with E-state index in [1.165, 1.54) is 36.4 Å². The molecule has 34 heavy (non-hydrogen) atoms. The van der Waals surface area contributed by atoms with Crippen LogP contribution in [0.2, 0.25) is 0 Å². The molecule has 180 valence electrons. The van der Waals surface area contributed by atoms with Crippen molar-refractivity contribution in [3.63, 3.8) is 0 Å². The van der Waals surface area contributed by atoms with Crippen LogP contribution in [0.4, 0.5) is 14.5 Å². The lowest BCUT2D eigenvalue weighted by molar-refractivity contribution is -0.130. The number of hydrogen-bond acceptors (Lipinski definition) is 3. The van der Waals surface area contributed by atoms with Gasteiger partial charge in [0.05, 0.1) is 12.0 Å². The van der Waals surface area contributed by atoms with E-state index < -0.39 is 17.6 Å². The zero-order chi connectivity index (χ0) is 25.3. The molecule has 6 heteroatoms.